The van der Waals surface area contributed by atoms with Gasteiger partial charge in [-0.3, -0.25) is 4.79 Å². The van der Waals surface area contributed by atoms with Crippen molar-refractivity contribution < 1.29 is 9.18 Å². The van der Waals surface area contributed by atoms with Crippen LogP contribution < -0.4 is 5.73 Å². The van der Waals surface area contributed by atoms with E-state index in [1.54, 1.807) is 13.1 Å². The number of carbonyl (C=O) groups excluding carboxylic acids is 1. The highest BCUT2D eigenvalue weighted by Crippen LogP contribution is 2.42. The van der Waals surface area contributed by atoms with Gasteiger partial charge in [0.25, 0.3) is 5.91 Å². The summed E-state index contributed by atoms with van der Waals surface area (Å²) in [5, 5.41) is 0.652. The maximum Gasteiger partial charge on any atom is 0.253 e. The van der Waals surface area contributed by atoms with Crippen LogP contribution in [0.3, 0.4) is 0 Å². The molecule has 0 spiro atoms. The molecule has 0 unspecified atom stereocenters. The molecule has 180 valence electrons. The molecule has 0 aliphatic carbocycles. The number of pyridine rings is 1. The molecule has 36 heavy (non-hydrogen) atoms. The minimum Gasteiger partial charge on any atom is -0.383 e. The van der Waals surface area contributed by atoms with E-state index in [-0.39, 0.29) is 11.6 Å². The van der Waals surface area contributed by atoms with Gasteiger partial charge in [0, 0.05) is 43.0 Å². The summed E-state index contributed by atoms with van der Waals surface area (Å²) in [5.74, 6) is 2.08. The van der Waals surface area contributed by atoms with Crippen LogP contribution in [0.1, 0.15) is 34.5 Å². The number of fused-ring (bicyclic) bond motifs is 1. The van der Waals surface area contributed by atoms with Gasteiger partial charge in [-0.05, 0) is 48.9 Å². The number of hydrogen-bond donors (Lipinski definition) is 1. The fraction of sp³-hybridized carbons (Fsp3) is 0.214. The number of hydrogen-bond acceptors (Lipinski definition) is 5. The number of anilines is 1. The zero-order valence-corrected chi connectivity index (χ0v) is 20.1. The summed E-state index contributed by atoms with van der Waals surface area (Å²) >= 11 is 0. The van der Waals surface area contributed by atoms with Gasteiger partial charge >= 0.3 is 0 Å². The number of nitrogen functional groups attached to an aromatic ring is 1. The van der Waals surface area contributed by atoms with Crippen LogP contribution in [0, 0.1) is 37.9 Å². The first-order chi connectivity index (χ1) is 17.4. The van der Waals surface area contributed by atoms with Crippen molar-refractivity contribution in [2.24, 2.45) is 7.05 Å². The largest absolute Gasteiger partial charge is 0.383 e. The Morgan fingerprint density at radius 2 is 1.78 bits per heavy atom. The summed E-state index contributed by atoms with van der Waals surface area (Å²) in [4.78, 5) is 27.4. The number of amides is 1. The third kappa shape index (κ3) is 3.93. The first kappa shape index (κ1) is 24.4. The Balaban J connectivity index is 0.00000148. The SMILES string of the molecule is C#C.C#Cc1ncc(-c2c(-c3ccc(C(=O)N4CCCC4)cc3)c3c(N)ncnc3n2C)c(C)c1F. The van der Waals surface area contributed by atoms with E-state index in [0.29, 0.717) is 39.2 Å². The molecule has 7 nitrogen and oxygen atoms in total. The molecule has 1 saturated heterocycles. The number of aromatic nitrogens is 4. The number of benzene rings is 1. The smallest absolute Gasteiger partial charge is 0.253 e. The lowest BCUT2D eigenvalue weighted by atomic mass is 9.96. The van der Waals surface area contributed by atoms with Crippen molar-refractivity contribution >= 4 is 22.8 Å². The van der Waals surface area contributed by atoms with Crippen LogP contribution in [-0.2, 0) is 7.05 Å². The Hall–Kier alpha value is -4.69. The summed E-state index contributed by atoms with van der Waals surface area (Å²) in [6, 6.07) is 7.38. The topological polar surface area (TPSA) is 89.9 Å². The van der Waals surface area contributed by atoms with Crippen molar-refractivity contribution in [3.63, 3.8) is 0 Å². The van der Waals surface area contributed by atoms with Gasteiger partial charge in [0.2, 0.25) is 0 Å². The van der Waals surface area contributed by atoms with E-state index in [0.717, 1.165) is 37.1 Å². The Morgan fingerprint density at radius 1 is 1.11 bits per heavy atom. The minimum atomic E-state index is -0.540. The molecule has 0 bridgehead atoms. The molecule has 2 N–H and O–H groups in total. The van der Waals surface area contributed by atoms with Crippen molar-refractivity contribution in [1.82, 2.24) is 24.4 Å². The van der Waals surface area contributed by atoms with E-state index in [1.807, 2.05) is 40.8 Å². The molecule has 1 fully saturated rings. The Labute approximate surface area is 209 Å². The zero-order chi connectivity index (χ0) is 26.0. The third-order valence-corrected chi connectivity index (χ3v) is 6.47. The van der Waals surface area contributed by atoms with Crippen LogP contribution in [0.25, 0.3) is 33.4 Å². The van der Waals surface area contributed by atoms with Gasteiger partial charge in [-0.15, -0.1) is 19.3 Å². The van der Waals surface area contributed by atoms with Crippen molar-refractivity contribution in [2.45, 2.75) is 19.8 Å². The number of nitrogens with two attached hydrogens (primary N) is 1. The Morgan fingerprint density at radius 3 is 2.42 bits per heavy atom. The van der Waals surface area contributed by atoms with Gasteiger partial charge in [-0.1, -0.05) is 12.1 Å². The number of halogens is 1. The number of aryl methyl sites for hydroxylation is 1. The second-order valence-electron chi connectivity index (χ2n) is 8.42. The predicted octanol–water partition coefficient (Wildman–Crippen LogP) is 4.19. The van der Waals surface area contributed by atoms with Crippen molar-refractivity contribution in [3.8, 4) is 47.6 Å². The minimum absolute atomic E-state index is 0.0250. The summed E-state index contributed by atoms with van der Waals surface area (Å²) < 4.78 is 16.8. The van der Waals surface area contributed by atoms with E-state index in [9.17, 15) is 9.18 Å². The third-order valence-electron chi connectivity index (χ3n) is 6.47. The summed E-state index contributed by atoms with van der Waals surface area (Å²) in [6.07, 6.45) is 18.4. The number of terminal acetylenes is 2. The highest BCUT2D eigenvalue weighted by Gasteiger charge is 2.25. The number of nitrogens with zero attached hydrogens (tertiary/aromatic N) is 5. The fourth-order valence-electron chi connectivity index (χ4n) is 4.67. The normalized spacial score (nSPS) is 12.7. The zero-order valence-electron chi connectivity index (χ0n) is 20.1. The quantitative estimate of drug-likeness (QED) is 0.444. The number of rotatable bonds is 3. The van der Waals surface area contributed by atoms with Crippen LogP contribution >= 0.6 is 0 Å². The van der Waals surface area contributed by atoms with Gasteiger partial charge in [0.1, 0.15) is 23.5 Å². The molecular formula is C28H25FN6O. The fourth-order valence-corrected chi connectivity index (χ4v) is 4.67. The molecule has 0 saturated carbocycles. The van der Waals surface area contributed by atoms with Crippen LogP contribution in [-0.4, -0.2) is 43.4 Å². The predicted molar refractivity (Wildman–Crippen MR) is 139 cm³/mol. The molecule has 1 aromatic carbocycles. The molecule has 1 aliphatic heterocycles. The lowest BCUT2D eigenvalue weighted by Gasteiger charge is -2.16. The van der Waals surface area contributed by atoms with Gasteiger partial charge in [-0.2, -0.15) is 0 Å². The van der Waals surface area contributed by atoms with E-state index < -0.39 is 5.82 Å². The van der Waals surface area contributed by atoms with Crippen molar-refractivity contribution in [3.05, 3.63) is 59.4 Å². The van der Waals surface area contributed by atoms with E-state index in [2.05, 4.69) is 33.7 Å². The Bertz CT molecular complexity index is 1520. The van der Waals surface area contributed by atoms with Gasteiger partial charge in [0.05, 0.1) is 11.1 Å². The molecular weight excluding hydrogens is 455 g/mol. The lowest BCUT2D eigenvalue weighted by Crippen LogP contribution is -2.27. The first-order valence-corrected chi connectivity index (χ1v) is 11.4. The molecule has 0 radical (unpaired) electrons. The van der Waals surface area contributed by atoms with Crippen LogP contribution in [0.4, 0.5) is 10.2 Å². The molecule has 4 aromatic rings. The van der Waals surface area contributed by atoms with Crippen LogP contribution in [0.15, 0.2) is 36.8 Å². The number of likely N-dealkylation sites (tertiary alicyclic amines) is 1. The van der Waals surface area contributed by atoms with Crippen molar-refractivity contribution in [1.29, 1.82) is 0 Å². The molecule has 1 aliphatic rings. The summed E-state index contributed by atoms with van der Waals surface area (Å²) in [5.41, 5.74) is 10.7. The van der Waals surface area contributed by atoms with Gasteiger partial charge in [-0.25, -0.2) is 19.3 Å². The maximum atomic E-state index is 14.9. The maximum absolute atomic E-state index is 14.9. The second-order valence-corrected chi connectivity index (χ2v) is 8.42. The van der Waals surface area contributed by atoms with Crippen molar-refractivity contribution in [2.75, 3.05) is 18.8 Å². The Kier molecular flexibility index (Phi) is 6.71. The monoisotopic (exact) mass is 480 g/mol. The van der Waals surface area contributed by atoms with Crippen LogP contribution in [0.5, 0.6) is 0 Å². The first-order valence-electron chi connectivity index (χ1n) is 11.4. The highest BCUT2D eigenvalue weighted by atomic mass is 19.1. The molecule has 0 atom stereocenters. The molecule has 8 heteroatoms. The summed E-state index contributed by atoms with van der Waals surface area (Å²) in [7, 11) is 1.84. The molecule has 4 heterocycles. The molecule has 1 amide bonds. The van der Waals surface area contributed by atoms with Gasteiger partial charge in [0.15, 0.2) is 5.82 Å². The van der Waals surface area contributed by atoms with E-state index in [1.165, 1.54) is 6.33 Å². The number of carbonyl (C=O) groups is 1. The molecule has 5 rings (SSSR count). The highest BCUT2D eigenvalue weighted by molar-refractivity contribution is 6.08. The lowest BCUT2D eigenvalue weighted by molar-refractivity contribution is 0.0793. The van der Waals surface area contributed by atoms with E-state index >= 15 is 0 Å². The average molecular weight is 481 g/mol. The summed E-state index contributed by atoms with van der Waals surface area (Å²) in [6.45, 7) is 3.24. The standard InChI is InChI=1S/C26H23FN6O.C2H2/c1-4-19-22(27)15(2)18(13-29-19)23-20(21-24(28)30-14-31-25(21)32(23)3)16-7-9-17(10-8-16)26(34)33-11-5-6-12-33;1-2/h1,7-10,13-14H,5-6,11-12H2,2-3H3,(H2,28,30,31);1-2H. The molecule has 3 aromatic heterocycles. The second kappa shape index (κ2) is 9.89. The van der Waals surface area contributed by atoms with Crippen LogP contribution in [0.2, 0.25) is 0 Å². The van der Waals surface area contributed by atoms with Gasteiger partial charge < -0.3 is 15.2 Å². The average Bonchev–Trinajstić information content (AvgIpc) is 3.54. The van der Waals surface area contributed by atoms with E-state index in [4.69, 9.17) is 12.2 Å².